The van der Waals surface area contributed by atoms with Crippen LogP contribution in [-0.4, -0.2) is 40.3 Å². The Morgan fingerprint density at radius 3 is 3.11 bits per heavy atom. The van der Waals surface area contributed by atoms with Crippen molar-refractivity contribution < 1.29 is 14.3 Å². The minimum atomic E-state index is -0.825. The number of fused-ring (bicyclic) bond motifs is 1. The zero-order chi connectivity index (χ0) is 13.1. The third kappa shape index (κ3) is 2.40. The molecule has 0 aliphatic heterocycles. The highest BCUT2D eigenvalue weighted by molar-refractivity contribution is 5.75. The van der Waals surface area contributed by atoms with Gasteiger partial charge in [0.2, 0.25) is 5.88 Å². The number of rotatable bonds is 4. The van der Waals surface area contributed by atoms with E-state index in [4.69, 9.17) is 10.5 Å². The number of nitrogens with two attached hydrogens (primary N) is 1. The summed E-state index contributed by atoms with van der Waals surface area (Å²) in [7, 11) is 1.28. The second-order valence-corrected chi connectivity index (χ2v) is 3.78. The fourth-order valence-corrected chi connectivity index (χ4v) is 1.50. The summed E-state index contributed by atoms with van der Waals surface area (Å²) < 4.78 is 11.5. The van der Waals surface area contributed by atoms with Crippen LogP contribution in [0.15, 0.2) is 18.3 Å². The van der Waals surface area contributed by atoms with Crippen LogP contribution in [0.4, 0.5) is 0 Å². The molecule has 0 aliphatic carbocycles. The Morgan fingerprint density at radius 1 is 1.61 bits per heavy atom. The van der Waals surface area contributed by atoms with Crippen molar-refractivity contribution in [2.24, 2.45) is 5.73 Å². The van der Waals surface area contributed by atoms with E-state index in [-0.39, 0.29) is 6.61 Å². The number of carbonyl (C=O) groups is 1. The average molecular weight is 250 g/mol. The minimum Gasteiger partial charge on any atom is -0.475 e. The van der Waals surface area contributed by atoms with Crippen LogP contribution in [0.2, 0.25) is 0 Å². The lowest BCUT2D eigenvalue weighted by atomic mass is 10.3. The lowest BCUT2D eigenvalue weighted by Crippen LogP contribution is -2.37. The van der Waals surface area contributed by atoms with Gasteiger partial charge in [0.25, 0.3) is 0 Å². The molecule has 2 N–H and O–H groups in total. The topological polar surface area (TPSA) is 91.7 Å². The van der Waals surface area contributed by atoms with E-state index < -0.39 is 12.0 Å². The van der Waals surface area contributed by atoms with Gasteiger partial charge in [0.1, 0.15) is 12.6 Å². The van der Waals surface area contributed by atoms with Gasteiger partial charge in [-0.05, 0) is 6.92 Å². The molecule has 18 heavy (non-hydrogen) atoms. The van der Waals surface area contributed by atoms with Crippen molar-refractivity contribution in [2.45, 2.75) is 13.0 Å². The largest absolute Gasteiger partial charge is 0.475 e. The van der Waals surface area contributed by atoms with E-state index in [1.165, 1.54) is 11.6 Å². The van der Waals surface area contributed by atoms with Crippen molar-refractivity contribution >= 4 is 11.6 Å². The molecule has 7 nitrogen and oxygen atoms in total. The maximum Gasteiger partial charge on any atom is 0.326 e. The van der Waals surface area contributed by atoms with Gasteiger partial charge in [-0.1, -0.05) is 0 Å². The van der Waals surface area contributed by atoms with Crippen molar-refractivity contribution in [1.82, 2.24) is 14.6 Å². The first-order chi connectivity index (χ1) is 8.61. The number of aryl methyl sites for hydroxylation is 1. The maximum atomic E-state index is 11.2. The number of methoxy groups -OCH3 is 1. The summed E-state index contributed by atoms with van der Waals surface area (Å²) in [6.07, 6.45) is 1.62. The molecule has 0 aliphatic rings. The molecule has 7 heteroatoms. The number of carbonyl (C=O) groups excluding carboxylic acids is 1. The molecule has 1 atom stereocenters. The Kier molecular flexibility index (Phi) is 3.42. The molecular formula is C11H14N4O3. The summed E-state index contributed by atoms with van der Waals surface area (Å²) >= 11 is 0. The fourth-order valence-electron chi connectivity index (χ4n) is 1.50. The van der Waals surface area contributed by atoms with Gasteiger partial charge < -0.3 is 15.2 Å². The fraction of sp³-hybridized carbons (Fsp3) is 0.364. The van der Waals surface area contributed by atoms with Gasteiger partial charge in [-0.25, -0.2) is 4.98 Å². The standard InChI is InChI=1S/C11H14N4O3/c1-7-5-10(15-9(14-7)3-4-13-15)18-6-8(12)11(16)17-2/h3-5,8H,6,12H2,1-2H3. The molecule has 0 aromatic carbocycles. The number of aromatic nitrogens is 3. The highest BCUT2D eigenvalue weighted by Gasteiger charge is 2.15. The maximum absolute atomic E-state index is 11.2. The van der Waals surface area contributed by atoms with Crippen molar-refractivity contribution in [3.05, 3.63) is 24.0 Å². The van der Waals surface area contributed by atoms with E-state index in [0.29, 0.717) is 11.5 Å². The monoisotopic (exact) mass is 250 g/mol. The smallest absolute Gasteiger partial charge is 0.326 e. The van der Waals surface area contributed by atoms with E-state index >= 15 is 0 Å². The number of hydrogen-bond donors (Lipinski definition) is 1. The predicted octanol–water partition coefficient (Wildman–Crippen LogP) is -0.0832. The quantitative estimate of drug-likeness (QED) is 0.763. The van der Waals surface area contributed by atoms with Gasteiger partial charge in [0.05, 0.1) is 13.3 Å². The lowest BCUT2D eigenvalue weighted by molar-refractivity contribution is -0.142. The van der Waals surface area contributed by atoms with Crippen LogP contribution in [0.3, 0.4) is 0 Å². The first-order valence-electron chi connectivity index (χ1n) is 5.39. The van der Waals surface area contributed by atoms with Gasteiger partial charge in [0, 0.05) is 17.8 Å². The molecule has 0 saturated heterocycles. The van der Waals surface area contributed by atoms with Crippen LogP contribution >= 0.6 is 0 Å². The number of ether oxygens (including phenoxy) is 2. The van der Waals surface area contributed by atoms with Crippen molar-refractivity contribution in [3.8, 4) is 5.88 Å². The Bertz CT molecular complexity index is 566. The summed E-state index contributed by atoms with van der Waals surface area (Å²) in [6.45, 7) is 1.87. The third-order valence-corrected chi connectivity index (χ3v) is 2.37. The van der Waals surface area contributed by atoms with Crippen LogP contribution in [-0.2, 0) is 9.53 Å². The molecule has 2 rings (SSSR count). The van der Waals surface area contributed by atoms with E-state index in [1.807, 2.05) is 6.92 Å². The molecular weight excluding hydrogens is 236 g/mol. The van der Waals surface area contributed by atoms with Crippen LogP contribution < -0.4 is 10.5 Å². The molecule has 0 bridgehead atoms. The summed E-state index contributed by atoms with van der Waals surface area (Å²) in [5.74, 6) is -0.0284. The zero-order valence-electron chi connectivity index (χ0n) is 10.2. The van der Waals surface area contributed by atoms with E-state index in [1.54, 1.807) is 18.3 Å². The summed E-state index contributed by atoms with van der Waals surface area (Å²) in [5.41, 5.74) is 7.06. The summed E-state index contributed by atoms with van der Waals surface area (Å²) in [6, 6.07) is 2.67. The molecule has 1 unspecified atom stereocenters. The van der Waals surface area contributed by atoms with Gasteiger partial charge >= 0.3 is 5.97 Å². The van der Waals surface area contributed by atoms with E-state index in [0.717, 1.165) is 5.69 Å². The number of esters is 1. The number of hydrogen-bond acceptors (Lipinski definition) is 6. The molecule has 2 aromatic rings. The van der Waals surface area contributed by atoms with Crippen molar-refractivity contribution in [2.75, 3.05) is 13.7 Å². The third-order valence-electron chi connectivity index (χ3n) is 2.37. The molecule has 0 saturated carbocycles. The van der Waals surface area contributed by atoms with Gasteiger partial charge in [-0.2, -0.15) is 9.61 Å². The van der Waals surface area contributed by atoms with Crippen molar-refractivity contribution in [1.29, 1.82) is 0 Å². The van der Waals surface area contributed by atoms with Crippen LogP contribution in [0.25, 0.3) is 5.65 Å². The highest BCUT2D eigenvalue weighted by Crippen LogP contribution is 2.14. The van der Waals surface area contributed by atoms with Crippen molar-refractivity contribution in [3.63, 3.8) is 0 Å². The Balaban J connectivity index is 2.16. The van der Waals surface area contributed by atoms with Gasteiger partial charge in [-0.3, -0.25) is 4.79 Å². The highest BCUT2D eigenvalue weighted by atomic mass is 16.5. The molecule has 0 radical (unpaired) electrons. The lowest BCUT2D eigenvalue weighted by Gasteiger charge is -2.12. The zero-order valence-corrected chi connectivity index (χ0v) is 10.2. The Labute approximate surface area is 104 Å². The van der Waals surface area contributed by atoms with Crippen LogP contribution in [0.1, 0.15) is 5.69 Å². The molecule has 0 spiro atoms. The normalized spacial score (nSPS) is 12.4. The van der Waals surface area contributed by atoms with E-state index in [9.17, 15) is 4.79 Å². The molecule has 2 heterocycles. The van der Waals surface area contributed by atoms with Crippen LogP contribution in [0.5, 0.6) is 5.88 Å². The predicted molar refractivity (Wildman–Crippen MR) is 63.2 cm³/mol. The summed E-state index contributed by atoms with van der Waals surface area (Å²) in [5, 5.41) is 4.07. The van der Waals surface area contributed by atoms with E-state index in [2.05, 4.69) is 14.8 Å². The second kappa shape index (κ2) is 5.01. The van der Waals surface area contributed by atoms with Gasteiger partial charge in [-0.15, -0.1) is 0 Å². The number of nitrogens with zero attached hydrogens (tertiary/aromatic N) is 3. The van der Waals surface area contributed by atoms with Crippen LogP contribution in [0, 0.1) is 6.92 Å². The average Bonchev–Trinajstić information content (AvgIpc) is 2.82. The summed E-state index contributed by atoms with van der Waals surface area (Å²) in [4.78, 5) is 15.4. The first kappa shape index (κ1) is 12.3. The molecule has 96 valence electrons. The Hall–Kier alpha value is -2.15. The molecule has 0 fully saturated rings. The Morgan fingerprint density at radius 2 is 2.39 bits per heavy atom. The SMILES string of the molecule is COC(=O)C(N)COc1cc(C)nc2ccnn12. The van der Waals surface area contributed by atoms with Gasteiger partial charge in [0.15, 0.2) is 5.65 Å². The molecule has 0 amide bonds. The second-order valence-electron chi connectivity index (χ2n) is 3.78. The first-order valence-corrected chi connectivity index (χ1v) is 5.39. The molecule has 2 aromatic heterocycles. The minimum absolute atomic E-state index is 0.0189.